The second kappa shape index (κ2) is 6.99. The molecule has 0 heterocycles. The fourth-order valence-corrected chi connectivity index (χ4v) is 7.59. The van der Waals surface area contributed by atoms with Gasteiger partial charge >= 0.3 is 0 Å². The number of benzene rings is 1. The average Bonchev–Trinajstić information content (AvgIpc) is 2.98. The van der Waals surface area contributed by atoms with Crippen LogP contribution >= 0.6 is 0 Å². The van der Waals surface area contributed by atoms with Crippen molar-refractivity contribution in [2.75, 3.05) is 5.73 Å². The van der Waals surface area contributed by atoms with Crippen molar-refractivity contribution in [3.8, 4) is 11.8 Å². The summed E-state index contributed by atoms with van der Waals surface area (Å²) < 4.78 is 0. The number of nitrogens with two attached hydrogens (primary N) is 1. The van der Waals surface area contributed by atoms with E-state index in [1.807, 2.05) is 30.3 Å². The molecule has 3 nitrogen and oxygen atoms in total. The molecule has 0 radical (unpaired) electrons. The molecule has 3 fully saturated rings. The van der Waals surface area contributed by atoms with Crippen LogP contribution in [0.2, 0.25) is 0 Å². The van der Waals surface area contributed by atoms with Crippen molar-refractivity contribution in [1.29, 1.82) is 0 Å². The van der Waals surface area contributed by atoms with Crippen molar-refractivity contribution < 1.29 is 9.90 Å². The van der Waals surface area contributed by atoms with Crippen molar-refractivity contribution in [2.24, 2.45) is 35.0 Å². The van der Waals surface area contributed by atoms with Crippen LogP contribution in [0.5, 0.6) is 0 Å². The van der Waals surface area contributed by atoms with Gasteiger partial charge < -0.3 is 10.8 Å². The van der Waals surface area contributed by atoms with E-state index in [1.165, 1.54) is 5.57 Å². The summed E-state index contributed by atoms with van der Waals surface area (Å²) in [4.78, 5) is 12.0. The van der Waals surface area contributed by atoms with Crippen molar-refractivity contribution in [1.82, 2.24) is 0 Å². The fourth-order valence-electron chi connectivity index (χ4n) is 7.59. The molecule has 4 aliphatic carbocycles. The monoisotopic (exact) mass is 403 g/mol. The minimum atomic E-state index is -0.955. The van der Waals surface area contributed by atoms with E-state index in [0.717, 1.165) is 44.1 Å². The maximum absolute atomic E-state index is 12.0. The van der Waals surface area contributed by atoms with Crippen LogP contribution in [-0.2, 0) is 4.79 Å². The zero-order valence-electron chi connectivity index (χ0n) is 18.2. The third kappa shape index (κ3) is 2.88. The largest absolute Gasteiger partial charge is 0.398 e. The van der Waals surface area contributed by atoms with Crippen LogP contribution in [0, 0.1) is 46.8 Å². The standard InChI is InChI=1S/C27H33NO2/c1-17-15-19-16-20(29)7-8-21(19)22-10-12-26(2)23(25(17)22)11-14-27(26,30)13-9-18-5-3-4-6-24(18)28/h3-6,16-17,21-23,25,30H,7-8,10-12,14-15,28H2,1-2H3/t17-,21-,22-,23+,25+,26-,27?/m0/s1. The number of carbonyl (C=O) groups is 1. The number of fused-ring (bicyclic) bond motifs is 5. The first-order chi connectivity index (χ1) is 14.3. The first kappa shape index (κ1) is 19.9. The van der Waals surface area contributed by atoms with Crippen LogP contribution in [0.15, 0.2) is 35.9 Å². The van der Waals surface area contributed by atoms with Crippen LogP contribution in [0.1, 0.15) is 64.4 Å². The third-order valence-corrected chi connectivity index (χ3v) is 9.16. The summed E-state index contributed by atoms with van der Waals surface area (Å²) in [6.07, 6.45) is 8.69. The lowest BCUT2D eigenvalue weighted by Crippen LogP contribution is -2.54. The smallest absolute Gasteiger partial charge is 0.155 e. The summed E-state index contributed by atoms with van der Waals surface area (Å²) in [6.45, 7) is 4.65. The summed E-state index contributed by atoms with van der Waals surface area (Å²) in [6, 6.07) is 7.65. The number of hydrogen-bond acceptors (Lipinski definition) is 3. The Balaban J connectivity index is 1.46. The summed E-state index contributed by atoms with van der Waals surface area (Å²) >= 11 is 0. The Bertz CT molecular complexity index is 969. The maximum atomic E-state index is 12.0. The van der Waals surface area contributed by atoms with Crippen LogP contribution < -0.4 is 5.73 Å². The van der Waals surface area contributed by atoms with Gasteiger partial charge in [-0.3, -0.25) is 4.79 Å². The van der Waals surface area contributed by atoms with Crippen molar-refractivity contribution in [3.63, 3.8) is 0 Å². The summed E-state index contributed by atoms with van der Waals surface area (Å²) in [7, 11) is 0. The van der Waals surface area contributed by atoms with E-state index in [0.29, 0.717) is 47.5 Å². The number of rotatable bonds is 0. The number of allylic oxidation sites excluding steroid dienone is 1. The molecule has 7 atom stereocenters. The van der Waals surface area contributed by atoms with Gasteiger partial charge in [0, 0.05) is 23.1 Å². The van der Waals surface area contributed by atoms with Gasteiger partial charge in [0.25, 0.3) is 0 Å². The minimum Gasteiger partial charge on any atom is -0.398 e. The zero-order valence-corrected chi connectivity index (χ0v) is 18.2. The summed E-state index contributed by atoms with van der Waals surface area (Å²) in [5.74, 6) is 9.75. The van der Waals surface area contributed by atoms with Gasteiger partial charge in [-0.05, 0) is 86.3 Å². The first-order valence-corrected chi connectivity index (χ1v) is 11.7. The van der Waals surface area contributed by atoms with Crippen LogP contribution in [0.4, 0.5) is 5.69 Å². The second-order valence-electron chi connectivity index (χ2n) is 10.6. The quantitative estimate of drug-likeness (QED) is 0.486. The predicted octanol–water partition coefficient (Wildman–Crippen LogP) is 4.74. The van der Waals surface area contributed by atoms with E-state index in [1.54, 1.807) is 0 Å². The molecule has 0 bridgehead atoms. The van der Waals surface area contributed by atoms with Gasteiger partial charge in [-0.1, -0.05) is 43.4 Å². The Kier molecular flexibility index (Phi) is 4.63. The Hall–Kier alpha value is -2.05. The lowest BCUT2D eigenvalue weighted by atomic mass is 9.48. The minimum absolute atomic E-state index is 0.176. The molecule has 0 spiro atoms. The molecule has 3 heteroatoms. The molecule has 0 aromatic heterocycles. The molecule has 1 aromatic carbocycles. The molecule has 4 aliphatic rings. The molecule has 1 aromatic rings. The third-order valence-electron chi connectivity index (χ3n) is 9.16. The molecule has 1 unspecified atom stereocenters. The Morgan fingerprint density at radius 2 is 1.97 bits per heavy atom. The van der Waals surface area contributed by atoms with E-state index in [9.17, 15) is 9.90 Å². The van der Waals surface area contributed by atoms with Gasteiger partial charge in [0.05, 0.1) is 0 Å². The maximum Gasteiger partial charge on any atom is 0.155 e. The Morgan fingerprint density at radius 1 is 1.17 bits per heavy atom. The number of anilines is 1. The molecule has 3 N–H and O–H groups in total. The number of nitrogen functional groups attached to an aromatic ring is 1. The molecule has 0 amide bonds. The Morgan fingerprint density at radius 3 is 2.77 bits per heavy atom. The molecular formula is C27H33NO2. The molecule has 3 saturated carbocycles. The van der Waals surface area contributed by atoms with Crippen LogP contribution in [-0.4, -0.2) is 16.5 Å². The fraction of sp³-hybridized carbons (Fsp3) is 0.593. The molecule has 0 saturated heterocycles. The van der Waals surface area contributed by atoms with Gasteiger partial charge in [0.15, 0.2) is 5.78 Å². The summed E-state index contributed by atoms with van der Waals surface area (Å²) in [5, 5.41) is 11.8. The number of hydrogen-bond donors (Lipinski definition) is 2. The van der Waals surface area contributed by atoms with E-state index in [4.69, 9.17) is 5.73 Å². The second-order valence-corrected chi connectivity index (χ2v) is 10.6. The lowest BCUT2D eigenvalue weighted by Gasteiger charge is -2.56. The van der Waals surface area contributed by atoms with Crippen molar-refractivity contribution in [2.45, 2.75) is 64.4 Å². The van der Waals surface area contributed by atoms with Gasteiger partial charge in [0.2, 0.25) is 0 Å². The van der Waals surface area contributed by atoms with Gasteiger partial charge in [0.1, 0.15) is 5.60 Å². The lowest BCUT2D eigenvalue weighted by molar-refractivity contribution is -0.117. The normalized spacial score (nSPS) is 42.3. The van der Waals surface area contributed by atoms with Gasteiger partial charge in [-0.2, -0.15) is 0 Å². The molecule has 0 aliphatic heterocycles. The van der Waals surface area contributed by atoms with E-state index >= 15 is 0 Å². The van der Waals surface area contributed by atoms with Crippen LogP contribution in [0.3, 0.4) is 0 Å². The highest BCUT2D eigenvalue weighted by molar-refractivity contribution is 5.91. The van der Waals surface area contributed by atoms with Gasteiger partial charge in [-0.15, -0.1) is 0 Å². The number of carbonyl (C=O) groups excluding carboxylic acids is 1. The Labute approximate surface area is 180 Å². The van der Waals surface area contributed by atoms with Crippen LogP contribution in [0.25, 0.3) is 0 Å². The van der Waals surface area contributed by atoms with E-state index in [-0.39, 0.29) is 5.41 Å². The first-order valence-electron chi connectivity index (χ1n) is 11.7. The SMILES string of the molecule is C[C@H]1CC2=CC(=O)CC[C@@H]2[C@@H]2CC[C@@]3(C)[C@H](CCC3(O)C#Cc3ccccc3N)[C@@H]21. The molecule has 30 heavy (non-hydrogen) atoms. The van der Waals surface area contributed by atoms with E-state index in [2.05, 4.69) is 25.7 Å². The zero-order chi connectivity index (χ0) is 21.1. The molecule has 5 rings (SSSR count). The van der Waals surface area contributed by atoms with E-state index < -0.39 is 5.60 Å². The highest BCUT2D eigenvalue weighted by atomic mass is 16.3. The van der Waals surface area contributed by atoms with Crippen molar-refractivity contribution >= 4 is 11.5 Å². The molecule has 158 valence electrons. The summed E-state index contributed by atoms with van der Waals surface area (Å²) in [5.41, 5.74) is 7.83. The number of ketones is 1. The topological polar surface area (TPSA) is 63.3 Å². The van der Waals surface area contributed by atoms with Crippen molar-refractivity contribution in [3.05, 3.63) is 41.5 Å². The number of aliphatic hydroxyl groups is 1. The average molecular weight is 404 g/mol. The molecular weight excluding hydrogens is 370 g/mol. The van der Waals surface area contributed by atoms with Gasteiger partial charge in [-0.25, -0.2) is 0 Å². The highest BCUT2D eigenvalue weighted by Crippen LogP contribution is 2.65. The number of para-hydroxylation sites is 1. The highest BCUT2D eigenvalue weighted by Gasteiger charge is 2.63. The predicted molar refractivity (Wildman–Crippen MR) is 119 cm³/mol.